The van der Waals surface area contributed by atoms with E-state index in [-0.39, 0.29) is 6.54 Å². The summed E-state index contributed by atoms with van der Waals surface area (Å²) in [6, 6.07) is 6.93. The molecule has 14 heavy (non-hydrogen) atoms. The summed E-state index contributed by atoms with van der Waals surface area (Å²) in [7, 11) is 0. The topological polar surface area (TPSA) is 12.0 Å². The molecule has 1 N–H and O–H groups in total. The molecule has 0 atom stereocenters. The summed E-state index contributed by atoms with van der Waals surface area (Å²) in [5.74, 6) is 0. The van der Waals surface area contributed by atoms with Crippen LogP contribution >= 0.6 is 0 Å². The maximum absolute atomic E-state index is 12.3. The van der Waals surface area contributed by atoms with Crippen molar-refractivity contribution in [3.63, 3.8) is 0 Å². The third-order valence-corrected chi connectivity index (χ3v) is 2.12. The summed E-state index contributed by atoms with van der Waals surface area (Å²) in [5.41, 5.74) is 0.808. The Bertz CT molecular complexity index is 379. The van der Waals surface area contributed by atoms with Crippen LogP contribution in [0.1, 0.15) is 5.56 Å². The van der Waals surface area contributed by atoms with Crippen molar-refractivity contribution in [3.05, 3.63) is 35.4 Å². The van der Waals surface area contributed by atoms with Crippen LogP contribution in [0.15, 0.2) is 29.8 Å². The molecule has 1 aliphatic rings. The van der Waals surface area contributed by atoms with Gasteiger partial charge in [0.25, 0.3) is 0 Å². The van der Waals surface area contributed by atoms with Crippen LogP contribution in [0.4, 0.5) is 18.9 Å². The van der Waals surface area contributed by atoms with E-state index >= 15 is 0 Å². The third-order valence-electron chi connectivity index (χ3n) is 2.12. The first-order valence-corrected chi connectivity index (χ1v) is 4.18. The molecular weight excluding hydrogens is 191 g/mol. The van der Waals surface area contributed by atoms with Crippen LogP contribution in [0.25, 0.3) is 6.08 Å². The molecule has 0 aromatic heterocycles. The number of para-hydroxylation sites is 1. The van der Waals surface area contributed by atoms with E-state index < -0.39 is 11.7 Å². The Morgan fingerprint density at radius 3 is 2.57 bits per heavy atom. The van der Waals surface area contributed by atoms with Crippen molar-refractivity contribution in [3.8, 4) is 0 Å². The molecule has 4 heteroatoms. The number of hydrogen-bond donors (Lipinski definition) is 1. The van der Waals surface area contributed by atoms with E-state index in [1.54, 1.807) is 24.3 Å². The van der Waals surface area contributed by atoms with Crippen LogP contribution in [0.3, 0.4) is 0 Å². The highest BCUT2D eigenvalue weighted by molar-refractivity contribution is 5.72. The predicted octanol–water partition coefficient (Wildman–Crippen LogP) is 3.06. The summed E-state index contributed by atoms with van der Waals surface area (Å²) in [6.07, 6.45) is -3.05. The highest BCUT2D eigenvalue weighted by Gasteiger charge is 2.34. The summed E-state index contributed by atoms with van der Waals surface area (Å²) < 4.78 is 37.0. The van der Waals surface area contributed by atoms with Gasteiger partial charge in [0, 0.05) is 12.2 Å². The van der Waals surface area contributed by atoms with Crippen molar-refractivity contribution in [2.45, 2.75) is 6.18 Å². The molecule has 2 rings (SSSR count). The smallest absolute Gasteiger partial charge is 0.380 e. The number of fused-ring (bicyclic) bond motifs is 1. The third kappa shape index (κ3) is 1.60. The van der Waals surface area contributed by atoms with Gasteiger partial charge in [-0.3, -0.25) is 0 Å². The first kappa shape index (κ1) is 9.12. The lowest BCUT2D eigenvalue weighted by Crippen LogP contribution is -2.22. The quantitative estimate of drug-likeness (QED) is 0.677. The molecule has 0 amide bonds. The number of benzene rings is 1. The molecular formula is C10H8F3N. The molecule has 0 saturated heterocycles. The van der Waals surface area contributed by atoms with Gasteiger partial charge in [0.1, 0.15) is 0 Å². The Labute approximate surface area is 79.2 Å². The van der Waals surface area contributed by atoms with Gasteiger partial charge < -0.3 is 5.32 Å². The molecule has 0 bridgehead atoms. The van der Waals surface area contributed by atoms with E-state index in [1.807, 2.05) is 0 Å². The summed E-state index contributed by atoms with van der Waals surface area (Å²) in [5, 5.41) is 2.73. The van der Waals surface area contributed by atoms with Gasteiger partial charge in [0.15, 0.2) is 0 Å². The Balaban J connectivity index is 2.41. The zero-order valence-electron chi connectivity index (χ0n) is 7.23. The Kier molecular flexibility index (Phi) is 1.98. The molecule has 74 valence electrons. The van der Waals surface area contributed by atoms with Crippen molar-refractivity contribution < 1.29 is 13.2 Å². The number of anilines is 1. The fourth-order valence-electron chi connectivity index (χ4n) is 1.40. The highest BCUT2D eigenvalue weighted by Crippen LogP contribution is 2.32. The number of halogens is 3. The molecule has 0 saturated carbocycles. The van der Waals surface area contributed by atoms with Gasteiger partial charge in [0.05, 0.1) is 5.57 Å². The van der Waals surface area contributed by atoms with E-state index in [1.165, 1.54) is 6.08 Å². The SMILES string of the molecule is FC(F)(F)C1=Cc2ccccc2NC1. The van der Waals surface area contributed by atoms with Crippen molar-refractivity contribution >= 4 is 11.8 Å². The van der Waals surface area contributed by atoms with Crippen LogP contribution in [-0.4, -0.2) is 12.7 Å². The number of alkyl halides is 3. The second-order valence-corrected chi connectivity index (χ2v) is 3.11. The predicted molar refractivity (Wildman–Crippen MR) is 49.0 cm³/mol. The van der Waals surface area contributed by atoms with E-state index in [0.29, 0.717) is 5.56 Å². The number of hydrogen-bond acceptors (Lipinski definition) is 1. The lowest BCUT2D eigenvalue weighted by Gasteiger charge is -2.20. The molecule has 1 aromatic rings. The van der Waals surface area contributed by atoms with Gasteiger partial charge in [-0.25, -0.2) is 0 Å². The fourth-order valence-corrected chi connectivity index (χ4v) is 1.40. The Morgan fingerprint density at radius 1 is 1.14 bits per heavy atom. The van der Waals surface area contributed by atoms with Gasteiger partial charge in [-0.1, -0.05) is 18.2 Å². The normalized spacial score (nSPS) is 15.5. The molecule has 1 aliphatic heterocycles. The fraction of sp³-hybridized carbons (Fsp3) is 0.200. The number of nitrogens with one attached hydrogen (secondary N) is 1. The van der Waals surface area contributed by atoms with Gasteiger partial charge in [0.2, 0.25) is 0 Å². The van der Waals surface area contributed by atoms with Crippen LogP contribution in [-0.2, 0) is 0 Å². The zero-order chi connectivity index (χ0) is 10.2. The summed E-state index contributed by atoms with van der Waals surface area (Å²) in [4.78, 5) is 0. The van der Waals surface area contributed by atoms with Crippen molar-refractivity contribution in [1.82, 2.24) is 0 Å². The van der Waals surface area contributed by atoms with Crippen molar-refractivity contribution in [2.75, 3.05) is 11.9 Å². The zero-order valence-corrected chi connectivity index (χ0v) is 7.23. The molecule has 0 fully saturated rings. The minimum absolute atomic E-state index is 0.152. The monoisotopic (exact) mass is 199 g/mol. The molecule has 0 unspecified atom stereocenters. The standard InChI is InChI=1S/C10H8F3N/c11-10(12,13)8-5-7-3-1-2-4-9(7)14-6-8/h1-5,14H,6H2. The number of rotatable bonds is 0. The maximum Gasteiger partial charge on any atom is 0.414 e. The minimum Gasteiger partial charge on any atom is -0.380 e. The molecule has 0 aliphatic carbocycles. The van der Waals surface area contributed by atoms with E-state index in [0.717, 1.165) is 5.69 Å². The Hall–Kier alpha value is -1.45. The lowest BCUT2D eigenvalue weighted by atomic mass is 10.0. The minimum atomic E-state index is -4.24. The average Bonchev–Trinajstić information content (AvgIpc) is 2.16. The first-order valence-electron chi connectivity index (χ1n) is 4.18. The maximum atomic E-state index is 12.3. The van der Waals surface area contributed by atoms with E-state index in [4.69, 9.17) is 0 Å². The van der Waals surface area contributed by atoms with Gasteiger partial charge in [-0.2, -0.15) is 13.2 Å². The Morgan fingerprint density at radius 2 is 1.86 bits per heavy atom. The van der Waals surface area contributed by atoms with Crippen molar-refractivity contribution in [2.24, 2.45) is 0 Å². The highest BCUT2D eigenvalue weighted by atomic mass is 19.4. The van der Waals surface area contributed by atoms with Crippen molar-refractivity contribution in [1.29, 1.82) is 0 Å². The second-order valence-electron chi connectivity index (χ2n) is 3.11. The molecule has 0 radical (unpaired) electrons. The van der Waals surface area contributed by atoms with Crippen LogP contribution < -0.4 is 5.32 Å². The van der Waals surface area contributed by atoms with E-state index in [9.17, 15) is 13.2 Å². The summed E-state index contributed by atoms with van der Waals surface area (Å²) >= 11 is 0. The molecule has 1 heterocycles. The first-order chi connectivity index (χ1) is 6.57. The van der Waals surface area contributed by atoms with Crippen LogP contribution in [0.5, 0.6) is 0 Å². The molecule has 1 nitrogen and oxygen atoms in total. The molecule has 0 spiro atoms. The van der Waals surface area contributed by atoms with Crippen LogP contribution in [0, 0.1) is 0 Å². The largest absolute Gasteiger partial charge is 0.414 e. The molecule has 1 aromatic carbocycles. The second kappa shape index (κ2) is 3.04. The van der Waals surface area contributed by atoms with Gasteiger partial charge in [-0.15, -0.1) is 0 Å². The average molecular weight is 199 g/mol. The summed E-state index contributed by atoms with van der Waals surface area (Å²) in [6.45, 7) is -0.152. The van der Waals surface area contributed by atoms with Crippen LogP contribution in [0.2, 0.25) is 0 Å². The van der Waals surface area contributed by atoms with E-state index in [2.05, 4.69) is 5.32 Å². The lowest BCUT2D eigenvalue weighted by molar-refractivity contribution is -0.0909. The van der Waals surface area contributed by atoms with Gasteiger partial charge >= 0.3 is 6.18 Å². The van der Waals surface area contributed by atoms with Gasteiger partial charge in [-0.05, 0) is 17.7 Å².